The van der Waals surface area contributed by atoms with Crippen molar-refractivity contribution in [1.29, 1.82) is 0 Å². The monoisotopic (exact) mass is 359 g/mol. The maximum absolute atomic E-state index is 13.0. The van der Waals surface area contributed by atoms with Crippen LogP contribution in [0.25, 0.3) is 0 Å². The highest BCUT2D eigenvalue weighted by atomic mass is 16.5. The average Bonchev–Trinajstić information content (AvgIpc) is 2.73. The zero-order valence-corrected chi connectivity index (χ0v) is 15.5. The Morgan fingerprint density at radius 2 is 1.81 bits per heavy atom. The van der Waals surface area contributed by atoms with E-state index in [9.17, 15) is 9.59 Å². The molecule has 2 N–H and O–H groups in total. The molecule has 142 valence electrons. The lowest BCUT2D eigenvalue weighted by molar-refractivity contribution is -0.145. The Morgan fingerprint density at radius 3 is 2.50 bits per heavy atom. The second-order valence-corrected chi connectivity index (χ2v) is 7.29. The number of carbonyl (C=O) groups is 2. The summed E-state index contributed by atoms with van der Waals surface area (Å²) >= 11 is 0. The van der Waals surface area contributed by atoms with Crippen molar-refractivity contribution in [2.45, 2.75) is 25.8 Å². The summed E-state index contributed by atoms with van der Waals surface area (Å²) in [7, 11) is 0. The van der Waals surface area contributed by atoms with Crippen LogP contribution in [-0.4, -0.2) is 61.0 Å². The molecule has 1 aromatic carbocycles. The molecule has 1 aromatic rings. The summed E-state index contributed by atoms with van der Waals surface area (Å²) in [5.74, 6) is -0.216. The van der Waals surface area contributed by atoms with Crippen LogP contribution in [-0.2, 0) is 14.3 Å². The minimum atomic E-state index is -0.334. The summed E-state index contributed by atoms with van der Waals surface area (Å²) in [5, 5.41) is 0. The number of amides is 2. The summed E-state index contributed by atoms with van der Waals surface area (Å²) in [6, 6.07) is 9.38. The smallest absolute Gasteiger partial charge is 0.227 e. The molecule has 6 nitrogen and oxygen atoms in total. The first kappa shape index (κ1) is 18.9. The van der Waals surface area contributed by atoms with Crippen molar-refractivity contribution in [2.24, 2.45) is 17.6 Å². The Balaban J connectivity index is 1.61. The van der Waals surface area contributed by atoms with Crippen LogP contribution in [0, 0.1) is 11.8 Å². The Kier molecular flexibility index (Phi) is 6.27. The lowest BCUT2D eigenvalue weighted by Crippen LogP contribution is -2.51. The third kappa shape index (κ3) is 4.24. The lowest BCUT2D eigenvalue weighted by Gasteiger charge is -2.37. The Morgan fingerprint density at radius 1 is 1.12 bits per heavy atom. The molecule has 0 aliphatic carbocycles. The van der Waals surface area contributed by atoms with Gasteiger partial charge in [0, 0.05) is 32.2 Å². The number of carbonyl (C=O) groups excluding carboxylic acids is 2. The third-order valence-corrected chi connectivity index (χ3v) is 5.52. The van der Waals surface area contributed by atoms with E-state index in [0.717, 1.165) is 18.4 Å². The number of likely N-dealkylation sites (tertiary alicyclic amines) is 1. The summed E-state index contributed by atoms with van der Waals surface area (Å²) in [5.41, 5.74) is 7.29. The van der Waals surface area contributed by atoms with Gasteiger partial charge in [-0.15, -0.1) is 0 Å². The van der Waals surface area contributed by atoms with E-state index >= 15 is 0 Å². The molecule has 2 heterocycles. The predicted molar refractivity (Wildman–Crippen MR) is 99.2 cm³/mol. The van der Waals surface area contributed by atoms with E-state index in [1.807, 2.05) is 47.1 Å². The van der Waals surface area contributed by atoms with Crippen LogP contribution in [0.4, 0.5) is 0 Å². The molecule has 3 unspecified atom stereocenters. The van der Waals surface area contributed by atoms with E-state index < -0.39 is 0 Å². The molecule has 2 fully saturated rings. The number of rotatable bonds is 4. The van der Waals surface area contributed by atoms with Crippen molar-refractivity contribution in [3.8, 4) is 0 Å². The number of nitrogens with two attached hydrogens (primary N) is 1. The molecule has 0 spiro atoms. The molecule has 3 rings (SSSR count). The number of hydrogen-bond acceptors (Lipinski definition) is 4. The van der Waals surface area contributed by atoms with Gasteiger partial charge in [-0.05, 0) is 18.4 Å². The van der Waals surface area contributed by atoms with Crippen LogP contribution < -0.4 is 5.73 Å². The minimum absolute atomic E-state index is 0.0424. The molecule has 26 heavy (non-hydrogen) atoms. The van der Waals surface area contributed by atoms with Crippen molar-refractivity contribution in [3.05, 3.63) is 35.9 Å². The molecule has 2 aliphatic rings. The number of nitrogens with zero attached hydrogens (tertiary/aromatic N) is 2. The number of benzene rings is 1. The van der Waals surface area contributed by atoms with E-state index in [0.29, 0.717) is 39.4 Å². The first-order valence-corrected chi connectivity index (χ1v) is 9.53. The second-order valence-electron chi connectivity index (χ2n) is 7.29. The van der Waals surface area contributed by atoms with E-state index in [1.54, 1.807) is 0 Å². The maximum atomic E-state index is 13.0. The van der Waals surface area contributed by atoms with Crippen LogP contribution in [0.5, 0.6) is 0 Å². The summed E-state index contributed by atoms with van der Waals surface area (Å²) in [6.07, 6.45) is 1.71. The van der Waals surface area contributed by atoms with Crippen molar-refractivity contribution in [2.75, 3.05) is 39.4 Å². The molecular formula is C20H29N3O3. The zero-order valence-electron chi connectivity index (χ0n) is 15.5. The third-order valence-electron chi connectivity index (χ3n) is 5.52. The van der Waals surface area contributed by atoms with Crippen LogP contribution >= 0.6 is 0 Å². The Labute approximate surface area is 155 Å². The highest BCUT2D eigenvalue weighted by Crippen LogP contribution is 2.25. The quantitative estimate of drug-likeness (QED) is 0.882. The van der Waals surface area contributed by atoms with Gasteiger partial charge in [0.15, 0.2) is 0 Å². The fourth-order valence-electron chi connectivity index (χ4n) is 3.83. The predicted octanol–water partition coefficient (Wildman–Crippen LogP) is 1.42. The second kappa shape index (κ2) is 8.64. The Bertz CT molecular complexity index is 616. The van der Waals surface area contributed by atoms with Gasteiger partial charge in [0.25, 0.3) is 0 Å². The van der Waals surface area contributed by atoms with Crippen LogP contribution in [0.2, 0.25) is 0 Å². The number of piperidine rings is 1. The topological polar surface area (TPSA) is 75.9 Å². The molecule has 2 saturated heterocycles. The normalized spacial score (nSPS) is 23.4. The molecule has 0 bridgehead atoms. The zero-order chi connectivity index (χ0) is 18.5. The van der Waals surface area contributed by atoms with Gasteiger partial charge >= 0.3 is 0 Å². The number of morpholine rings is 1. The molecular weight excluding hydrogens is 330 g/mol. The van der Waals surface area contributed by atoms with Crippen molar-refractivity contribution in [1.82, 2.24) is 9.80 Å². The molecule has 2 amide bonds. The largest absolute Gasteiger partial charge is 0.378 e. The van der Waals surface area contributed by atoms with Crippen molar-refractivity contribution in [3.63, 3.8) is 0 Å². The van der Waals surface area contributed by atoms with Crippen molar-refractivity contribution < 1.29 is 14.3 Å². The number of ether oxygens (including phenoxy) is 1. The lowest BCUT2D eigenvalue weighted by atomic mass is 9.91. The van der Waals surface area contributed by atoms with Gasteiger partial charge in [-0.2, -0.15) is 0 Å². The standard InChI is InChI=1S/C20H29N3O3/c1-15(18(21)16-6-3-2-4-7-16)19(24)23-9-5-8-17(14-23)20(25)22-10-12-26-13-11-22/h2-4,6-7,15,17-18H,5,8-14,21H2,1H3. The summed E-state index contributed by atoms with van der Waals surface area (Å²) in [4.78, 5) is 29.4. The maximum Gasteiger partial charge on any atom is 0.227 e. The molecule has 0 aromatic heterocycles. The van der Waals surface area contributed by atoms with Gasteiger partial charge < -0.3 is 20.3 Å². The summed E-state index contributed by atoms with van der Waals surface area (Å²) in [6.45, 7) is 5.59. The minimum Gasteiger partial charge on any atom is -0.378 e. The van der Waals surface area contributed by atoms with E-state index in [-0.39, 0.29) is 29.7 Å². The fraction of sp³-hybridized carbons (Fsp3) is 0.600. The molecule has 3 atom stereocenters. The van der Waals surface area contributed by atoms with E-state index in [2.05, 4.69) is 0 Å². The number of hydrogen-bond donors (Lipinski definition) is 1. The molecule has 6 heteroatoms. The van der Waals surface area contributed by atoms with Gasteiger partial charge in [-0.3, -0.25) is 9.59 Å². The summed E-state index contributed by atoms with van der Waals surface area (Å²) < 4.78 is 5.32. The fourth-order valence-corrected chi connectivity index (χ4v) is 3.83. The highest BCUT2D eigenvalue weighted by molar-refractivity contribution is 5.82. The Hall–Kier alpha value is -1.92. The van der Waals surface area contributed by atoms with Gasteiger partial charge in [-0.1, -0.05) is 37.3 Å². The average molecular weight is 359 g/mol. The van der Waals surface area contributed by atoms with E-state index in [1.165, 1.54) is 0 Å². The van der Waals surface area contributed by atoms with Crippen molar-refractivity contribution >= 4 is 11.8 Å². The van der Waals surface area contributed by atoms with Gasteiger partial charge in [0.2, 0.25) is 11.8 Å². The first-order valence-electron chi connectivity index (χ1n) is 9.53. The molecule has 0 radical (unpaired) electrons. The van der Waals surface area contributed by atoms with Gasteiger partial charge in [0.1, 0.15) is 0 Å². The molecule has 0 saturated carbocycles. The first-order chi connectivity index (χ1) is 12.6. The van der Waals surface area contributed by atoms with Gasteiger partial charge in [0.05, 0.1) is 25.0 Å². The highest BCUT2D eigenvalue weighted by Gasteiger charge is 2.34. The van der Waals surface area contributed by atoms with Crippen LogP contribution in [0.15, 0.2) is 30.3 Å². The molecule has 2 aliphatic heterocycles. The SMILES string of the molecule is CC(C(=O)N1CCCC(C(=O)N2CCOCC2)C1)C(N)c1ccccc1. The van der Waals surface area contributed by atoms with Crippen LogP contribution in [0.1, 0.15) is 31.4 Å². The van der Waals surface area contributed by atoms with Crippen LogP contribution in [0.3, 0.4) is 0 Å². The van der Waals surface area contributed by atoms with E-state index in [4.69, 9.17) is 10.5 Å². The van der Waals surface area contributed by atoms with Gasteiger partial charge in [-0.25, -0.2) is 0 Å².